The van der Waals surface area contributed by atoms with Gasteiger partial charge in [-0.2, -0.15) is 0 Å². The fourth-order valence-corrected chi connectivity index (χ4v) is 2.32. The number of hydrogen-bond donors (Lipinski definition) is 2. The first-order valence-corrected chi connectivity index (χ1v) is 7.01. The van der Waals surface area contributed by atoms with Crippen LogP contribution in [-0.4, -0.2) is 48.7 Å². The van der Waals surface area contributed by atoms with Crippen molar-refractivity contribution in [3.8, 4) is 5.88 Å². The van der Waals surface area contributed by atoms with Crippen LogP contribution in [0.1, 0.15) is 19.8 Å². The van der Waals surface area contributed by atoms with Crippen molar-refractivity contribution in [1.29, 1.82) is 0 Å². The van der Waals surface area contributed by atoms with Gasteiger partial charge in [-0.1, -0.05) is 6.92 Å². The fraction of sp³-hybridized carbons (Fsp3) is 0.571. The van der Waals surface area contributed by atoms with Crippen molar-refractivity contribution in [2.75, 3.05) is 32.1 Å². The molecule has 0 spiro atoms. The Bertz CT molecular complexity index is 427. The molecule has 0 bridgehead atoms. The number of carbonyl (C=O) groups is 1. The molecule has 6 nitrogen and oxygen atoms in total. The molecule has 2 heterocycles. The third-order valence-corrected chi connectivity index (χ3v) is 3.57. The molecule has 0 radical (unpaired) electrons. The highest BCUT2D eigenvalue weighted by Gasteiger charge is 2.19. The number of hydrogen-bond acceptors (Lipinski definition) is 4. The van der Waals surface area contributed by atoms with Crippen LogP contribution in [0.3, 0.4) is 0 Å². The monoisotopic (exact) mass is 278 g/mol. The first-order chi connectivity index (χ1) is 9.71. The van der Waals surface area contributed by atoms with Gasteiger partial charge in [0.25, 0.3) is 0 Å². The van der Waals surface area contributed by atoms with Crippen LogP contribution >= 0.6 is 0 Å². The third-order valence-electron chi connectivity index (χ3n) is 3.57. The minimum absolute atomic E-state index is 0.174. The van der Waals surface area contributed by atoms with Gasteiger partial charge in [0.2, 0.25) is 5.88 Å². The average Bonchev–Trinajstić information content (AvgIpc) is 2.49. The highest BCUT2D eigenvalue weighted by molar-refractivity contribution is 5.89. The molecule has 0 atom stereocenters. The van der Waals surface area contributed by atoms with Crippen LogP contribution in [-0.2, 0) is 0 Å². The number of urea groups is 1. The number of methoxy groups -OCH3 is 1. The highest BCUT2D eigenvalue weighted by Crippen LogP contribution is 2.12. The van der Waals surface area contributed by atoms with Gasteiger partial charge in [0.15, 0.2) is 0 Å². The molecule has 1 aromatic rings. The lowest BCUT2D eigenvalue weighted by Gasteiger charge is -2.31. The zero-order chi connectivity index (χ0) is 14.4. The van der Waals surface area contributed by atoms with Gasteiger partial charge in [0, 0.05) is 25.2 Å². The summed E-state index contributed by atoms with van der Waals surface area (Å²) in [6, 6.07) is 3.57. The SMILES string of the molecule is CCN1CCC(NC(=O)Nc2ccc(OC)nc2)CC1. The Labute approximate surface area is 119 Å². The largest absolute Gasteiger partial charge is 0.481 e. The van der Waals surface area contributed by atoms with Gasteiger partial charge in [-0.3, -0.25) is 0 Å². The Morgan fingerprint density at radius 3 is 2.75 bits per heavy atom. The number of amides is 2. The van der Waals surface area contributed by atoms with E-state index >= 15 is 0 Å². The number of nitrogens with zero attached hydrogens (tertiary/aromatic N) is 2. The second-order valence-electron chi connectivity index (χ2n) is 4.90. The number of likely N-dealkylation sites (tertiary alicyclic amines) is 1. The first kappa shape index (κ1) is 14.6. The molecular formula is C14H22N4O2. The molecule has 1 aromatic heterocycles. The summed E-state index contributed by atoms with van der Waals surface area (Å²) in [6.45, 7) is 5.34. The lowest BCUT2D eigenvalue weighted by Crippen LogP contribution is -2.45. The molecule has 110 valence electrons. The lowest BCUT2D eigenvalue weighted by molar-refractivity contribution is 0.203. The summed E-state index contributed by atoms with van der Waals surface area (Å²) < 4.78 is 4.97. The number of rotatable bonds is 4. The van der Waals surface area contributed by atoms with E-state index in [0.29, 0.717) is 11.6 Å². The molecule has 2 rings (SSSR count). The van der Waals surface area contributed by atoms with E-state index in [4.69, 9.17) is 4.74 Å². The molecule has 1 aliphatic rings. The van der Waals surface area contributed by atoms with Crippen molar-refractivity contribution in [3.05, 3.63) is 18.3 Å². The molecule has 0 aliphatic carbocycles. The summed E-state index contributed by atoms with van der Waals surface area (Å²) in [5.41, 5.74) is 0.661. The Balaban J connectivity index is 1.77. The predicted molar refractivity (Wildman–Crippen MR) is 78.1 cm³/mol. The Morgan fingerprint density at radius 1 is 1.45 bits per heavy atom. The maximum Gasteiger partial charge on any atom is 0.319 e. The van der Waals surface area contributed by atoms with Gasteiger partial charge < -0.3 is 20.3 Å². The number of carbonyl (C=O) groups excluding carboxylic acids is 1. The molecule has 20 heavy (non-hydrogen) atoms. The van der Waals surface area contributed by atoms with Crippen molar-refractivity contribution >= 4 is 11.7 Å². The smallest absolute Gasteiger partial charge is 0.319 e. The van der Waals surface area contributed by atoms with Gasteiger partial charge in [-0.15, -0.1) is 0 Å². The molecule has 0 aromatic carbocycles. The summed E-state index contributed by atoms with van der Waals surface area (Å²) in [5, 5.41) is 5.79. The van der Waals surface area contributed by atoms with Crippen LogP contribution in [0.25, 0.3) is 0 Å². The van der Waals surface area contributed by atoms with Crippen molar-refractivity contribution in [3.63, 3.8) is 0 Å². The van der Waals surface area contributed by atoms with E-state index in [1.165, 1.54) is 0 Å². The third kappa shape index (κ3) is 4.09. The molecule has 1 aliphatic heterocycles. The molecule has 2 amide bonds. The summed E-state index contributed by atoms with van der Waals surface area (Å²) >= 11 is 0. The van der Waals surface area contributed by atoms with Gasteiger partial charge in [-0.25, -0.2) is 9.78 Å². The van der Waals surface area contributed by atoms with E-state index in [-0.39, 0.29) is 12.1 Å². The van der Waals surface area contributed by atoms with E-state index in [9.17, 15) is 4.79 Å². The van der Waals surface area contributed by atoms with Crippen molar-refractivity contribution in [2.24, 2.45) is 0 Å². The number of nitrogens with one attached hydrogen (secondary N) is 2. The maximum atomic E-state index is 11.9. The molecule has 1 saturated heterocycles. The standard InChI is InChI=1S/C14H22N4O2/c1-3-18-8-6-11(7-9-18)16-14(19)17-12-4-5-13(20-2)15-10-12/h4-5,10-11H,3,6-9H2,1-2H3,(H2,16,17,19). The number of piperidine rings is 1. The number of anilines is 1. The van der Waals surface area contributed by atoms with Crippen LogP contribution in [0, 0.1) is 0 Å². The first-order valence-electron chi connectivity index (χ1n) is 7.01. The fourth-order valence-electron chi connectivity index (χ4n) is 2.32. The van der Waals surface area contributed by atoms with Crippen LogP contribution in [0.2, 0.25) is 0 Å². The molecular weight excluding hydrogens is 256 g/mol. The average molecular weight is 278 g/mol. The van der Waals surface area contributed by atoms with Gasteiger partial charge in [0.1, 0.15) is 0 Å². The highest BCUT2D eigenvalue weighted by atomic mass is 16.5. The molecule has 1 fully saturated rings. The zero-order valence-corrected chi connectivity index (χ0v) is 12.1. The normalized spacial score (nSPS) is 16.7. The lowest BCUT2D eigenvalue weighted by atomic mass is 10.1. The summed E-state index contributed by atoms with van der Waals surface area (Å²) in [7, 11) is 1.56. The van der Waals surface area contributed by atoms with E-state index in [2.05, 4.69) is 27.4 Å². The topological polar surface area (TPSA) is 66.5 Å². The van der Waals surface area contributed by atoms with E-state index in [1.807, 2.05) is 0 Å². The summed E-state index contributed by atoms with van der Waals surface area (Å²) in [4.78, 5) is 18.3. The number of pyridine rings is 1. The van der Waals surface area contributed by atoms with Gasteiger partial charge in [-0.05, 0) is 25.5 Å². The Hall–Kier alpha value is -1.82. The van der Waals surface area contributed by atoms with Crippen molar-refractivity contribution < 1.29 is 9.53 Å². The minimum Gasteiger partial charge on any atom is -0.481 e. The van der Waals surface area contributed by atoms with Crippen LogP contribution in [0.5, 0.6) is 5.88 Å². The van der Waals surface area contributed by atoms with Crippen LogP contribution < -0.4 is 15.4 Å². The molecule has 0 unspecified atom stereocenters. The second-order valence-corrected chi connectivity index (χ2v) is 4.90. The van der Waals surface area contributed by atoms with E-state index in [1.54, 1.807) is 25.4 Å². The zero-order valence-electron chi connectivity index (χ0n) is 12.1. The van der Waals surface area contributed by atoms with E-state index < -0.39 is 0 Å². The quantitative estimate of drug-likeness (QED) is 0.879. The summed E-state index contributed by atoms with van der Waals surface area (Å²) in [5.74, 6) is 0.530. The van der Waals surface area contributed by atoms with Crippen LogP contribution in [0.15, 0.2) is 18.3 Å². The number of aromatic nitrogens is 1. The maximum absolute atomic E-state index is 11.9. The van der Waals surface area contributed by atoms with Gasteiger partial charge >= 0.3 is 6.03 Å². The van der Waals surface area contributed by atoms with Crippen LogP contribution in [0.4, 0.5) is 10.5 Å². The van der Waals surface area contributed by atoms with Crippen molar-refractivity contribution in [1.82, 2.24) is 15.2 Å². The minimum atomic E-state index is -0.174. The second kappa shape index (κ2) is 7.09. The number of ether oxygens (including phenoxy) is 1. The molecule has 6 heteroatoms. The van der Waals surface area contributed by atoms with E-state index in [0.717, 1.165) is 32.5 Å². The predicted octanol–water partition coefficient (Wildman–Crippen LogP) is 1.70. The Morgan fingerprint density at radius 2 is 2.20 bits per heavy atom. The van der Waals surface area contributed by atoms with Crippen molar-refractivity contribution in [2.45, 2.75) is 25.8 Å². The molecule has 2 N–H and O–H groups in total. The van der Waals surface area contributed by atoms with Gasteiger partial charge in [0.05, 0.1) is 19.0 Å². The Kier molecular flexibility index (Phi) is 5.17. The summed E-state index contributed by atoms with van der Waals surface area (Å²) in [6.07, 6.45) is 3.59. The molecule has 0 saturated carbocycles.